The molecule has 92 valence electrons. The lowest BCUT2D eigenvalue weighted by Crippen LogP contribution is -2.23. The minimum Gasteiger partial charge on any atom is -0.368 e. The summed E-state index contributed by atoms with van der Waals surface area (Å²) in [5.41, 5.74) is 8.29. The van der Waals surface area contributed by atoms with Crippen molar-refractivity contribution in [2.24, 2.45) is 0 Å². The van der Waals surface area contributed by atoms with E-state index in [9.17, 15) is 0 Å². The molecule has 17 heavy (non-hydrogen) atoms. The topological polar surface area (TPSA) is 67.1 Å². The van der Waals surface area contributed by atoms with Crippen LogP contribution in [0, 0.1) is 0 Å². The van der Waals surface area contributed by atoms with Crippen molar-refractivity contribution < 1.29 is 0 Å². The van der Waals surface area contributed by atoms with Crippen LogP contribution < -0.4 is 16.0 Å². The van der Waals surface area contributed by atoms with E-state index < -0.39 is 0 Å². The summed E-state index contributed by atoms with van der Waals surface area (Å²) in [7, 11) is 0. The molecule has 1 saturated heterocycles. The largest absolute Gasteiger partial charge is 0.368 e. The van der Waals surface area contributed by atoms with Crippen LogP contribution >= 0.6 is 0 Å². The molecule has 3 heterocycles. The average molecular weight is 233 g/mol. The van der Waals surface area contributed by atoms with Crippen molar-refractivity contribution in [3.05, 3.63) is 11.3 Å². The number of hydrogen-bond acceptors (Lipinski definition) is 5. The second-order valence-electron chi connectivity index (χ2n) is 4.77. The molecule has 3 rings (SSSR count). The summed E-state index contributed by atoms with van der Waals surface area (Å²) < 4.78 is 0. The number of nitrogen functional groups attached to an aromatic ring is 1. The van der Waals surface area contributed by atoms with Crippen LogP contribution in [0.15, 0.2) is 0 Å². The molecule has 0 radical (unpaired) electrons. The van der Waals surface area contributed by atoms with Crippen LogP contribution in [-0.4, -0.2) is 36.1 Å². The summed E-state index contributed by atoms with van der Waals surface area (Å²) in [5.74, 6) is 1.52. The van der Waals surface area contributed by atoms with Gasteiger partial charge in [-0.2, -0.15) is 4.98 Å². The molecule has 2 aliphatic rings. The highest BCUT2D eigenvalue weighted by Gasteiger charge is 2.22. The Kier molecular flexibility index (Phi) is 2.84. The Morgan fingerprint density at radius 1 is 1.06 bits per heavy atom. The molecule has 0 atom stereocenters. The van der Waals surface area contributed by atoms with Gasteiger partial charge in [0.15, 0.2) is 0 Å². The van der Waals surface area contributed by atoms with E-state index in [1.54, 1.807) is 0 Å². The lowest BCUT2D eigenvalue weighted by Gasteiger charge is -2.21. The average Bonchev–Trinajstić information content (AvgIpc) is 2.74. The third-order valence-corrected chi connectivity index (χ3v) is 3.58. The molecule has 5 heteroatoms. The van der Waals surface area contributed by atoms with Gasteiger partial charge < -0.3 is 16.0 Å². The van der Waals surface area contributed by atoms with E-state index in [0.29, 0.717) is 5.95 Å². The Morgan fingerprint density at radius 2 is 1.82 bits per heavy atom. The van der Waals surface area contributed by atoms with Crippen LogP contribution in [-0.2, 0) is 12.8 Å². The Labute approximate surface area is 101 Å². The van der Waals surface area contributed by atoms with E-state index in [2.05, 4.69) is 20.2 Å². The molecule has 0 spiro atoms. The third kappa shape index (κ3) is 2.07. The highest BCUT2D eigenvalue weighted by molar-refractivity contribution is 5.53. The summed E-state index contributed by atoms with van der Waals surface area (Å²) in [6.45, 7) is 4.22. The maximum absolute atomic E-state index is 5.83. The second kappa shape index (κ2) is 4.49. The fraction of sp³-hybridized carbons (Fsp3) is 0.667. The minimum absolute atomic E-state index is 0.424. The van der Waals surface area contributed by atoms with Gasteiger partial charge in [0.2, 0.25) is 5.95 Å². The number of nitrogens with two attached hydrogens (primary N) is 1. The van der Waals surface area contributed by atoms with Crippen molar-refractivity contribution in [2.45, 2.75) is 25.7 Å². The van der Waals surface area contributed by atoms with Crippen molar-refractivity contribution in [3.63, 3.8) is 0 Å². The number of nitrogens with zero attached hydrogens (tertiary/aromatic N) is 3. The Bertz CT molecular complexity index is 412. The zero-order chi connectivity index (χ0) is 11.7. The van der Waals surface area contributed by atoms with Gasteiger partial charge in [-0.05, 0) is 25.8 Å². The van der Waals surface area contributed by atoms with E-state index in [4.69, 9.17) is 5.73 Å². The lowest BCUT2D eigenvalue weighted by atomic mass is 10.1. The summed E-state index contributed by atoms with van der Waals surface area (Å²) in [6.07, 6.45) is 4.50. The monoisotopic (exact) mass is 233 g/mol. The molecular formula is C12H19N5. The van der Waals surface area contributed by atoms with Gasteiger partial charge in [-0.1, -0.05) is 0 Å². The van der Waals surface area contributed by atoms with Crippen LogP contribution in [0.25, 0.3) is 0 Å². The summed E-state index contributed by atoms with van der Waals surface area (Å²) in [6, 6.07) is 0. The Balaban J connectivity index is 2.03. The van der Waals surface area contributed by atoms with Crippen LogP contribution in [0.1, 0.15) is 24.1 Å². The fourth-order valence-electron chi connectivity index (χ4n) is 2.73. The molecule has 0 unspecified atom stereocenters. The lowest BCUT2D eigenvalue weighted by molar-refractivity contribution is 0.708. The molecule has 0 saturated carbocycles. The zero-order valence-electron chi connectivity index (χ0n) is 10.1. The van der Waals surface area contributed by atoms with E-state index in [-0.39, 0.29) is 0 Å². The van der Waals surface area contributed by atoms with Crippen molar-refractivity contribution in [1.29, 1.82) is 0 Å². The van der Waals surface area contributed by atoms with Crippen molar-refractivity contribution in [2.75, 3.05) is 36.8 Å². The second-order valence-corrected chi connectivity index (χ2v) is 4.77. The number of fused-ring (bicyclic) bond motifs is 1. The van der Waals surface area contributed by atoms with Crippen LogP contribution in [0.3, 0.4) is 0 Å². The standard InChI is InChI=1S/C12H19N5/c13-12-15-10-4-6-14-5-3-9(10)11(16-12)17-7-1-2-8-17/h14H,1-8H2,(H2,13,15,16). The van der Waals surface area contributed by atoms with Crippen LogP contribution in [0.4, 0.5) is 11.8 Å². The number of aromatic nitrogens is 2. The zero-order valence-corrected chi connectivity index (χ0v) is 10.1. The number of rotatable bonds is 1. The maximum Gasteiger partial charge on any atom is 0.222 e. The molecule has 5 nitrogen and oxygen atoms in total. The number of hydrogen-bond donors (Lipinski definition) is 2. The van der Waals surface area contributed by atoms with Crippen molar-refractivity contribution in [3.8, 4) is 0 Å². The molecule has 0 aliphatic carbocycles. The quantitative estimate of drug-likeness (QED) is 0.732. The summed E-state index contributed by atoms with van der Waals surface area (Å²) in [4.78, 5) is 11.2. The molecule has 1 fully saturated rings. The van der Waals surface area contributed by atoms with Crippen molar-refractivity contribution >= 4 is 11.8 Å². The number of anilines is 2. The summed E-state index contributed by atoms with van der Waals surface area (Å²) in [5, 5.41) is 3.40. The van der Waals surface area contributed by atoms with Gasteiger partial charge >= 0.3 is 0 Å². The molecule has 0 amide bonds. The first-order chi connectivity index (χ1) is 8.34. The molecule has 2 aliphatic heterocycles. The first-order valence-corrected chi connectivity index (χ1v) is 6.45. The third-order valence-electron chi connectivity index (χ3n) is 3.58. The van der Waals surface area contributed by atoms with E-state index >= 15 is 0 Å². The van der Waals surface area contributed by atoms with Gasteiger partial charge in [0, 0.05) is 31.6 Å². The van der Waals surface area contributed by atoms with Gasteiger partial charge in [0.05, 0.1) is 5.69 Å². The van der Waals surface area contributed by atoms with Gasteiger partial charge in [-0.3, -0.25) is 0 Å². The highest BCUT2D eigenvalue weighted by atomic mass is 15.2. The van der Waals surface area contributed by atoms with Crippen LogP contribution in [0.2, 0.25) is 0 Å². The molecule has 1 aromatic heterocycles. The molecule has 1 aromatic rings. The van der Waals surface area contributed by atoms with Gasteiger partial charge in [-0.25, -0.2) is 4.98 Å². The Morgan fingerprint density at radius 3 is 2.65 bits per heavy atom. The first kappa shape index (κ1) is 10.8. The molecular weight excluding hydrogens is 214 g/mol. The molecule has 0 aromatic carbocycles. The minimum atomic E-state index is 0.424. The normalized spacial score (nSPS) is 20.1. The molecule has 0 bridgehead atoms. The van der Waals surface area contributed by atoms with Crippen molar-refractivity contribution in [1.82, 2.24) is 15.3 Å². The fourth-order valence-corrected chi connectivity index (χ4v) is 2.73. The number of nitrogens with one attached hydrogen (secondary N) is 1. The predicted octanol–water partition coefficient (Wildman–Crippen LogP) is 0.347. The SMILES string of the molecule is Nc1nc2c(c(N3CCCC3)n1)CCNCC2. The van der Waals surface area contributed by atoms with Gasteiger partial charge in [0.25, 0.3) is 0 Å². The first-order valence-electron chi connectivity index (χ1n) is 6.45. The van der Waals surface area contributed by atoms with E-state index in [0.717, 1.165) is 50.5 Å². The maximum atomic E-state index is 5.83. The highest BCUT2D eigenvalue weighted by Crippen LogP contribution is 2.26. The molecule has 3 N–H and O–H groups in total. The smallest absolute Gasteiger partial charge is 0.222 e. The summed E-state index contributed by atoms with van der Waals surface area (Å²) >= 11 is 0. The Hall–Kier alpha value is -1.36. The van der Waals surface area contributed by atoms with Gasteiger partial charge in [0.1, 0.15) is 5.82 Å². The van der Waals surface area contributed by atoms with E-state index in [1.807, 2.05) is 0 Å². The van der Waals surface area contributed by atoms with Crippen LogP contribution in [0.5, 0.6) is 0 Å². The predicted molar refractivity (Wildman–Crippen MR) is 68.2 cm³/mol. The van der Waals surface area contributed by atoms with Gasteiger partial charge in [-0.15, -0.1) is 0 Å². The van der Waals surface area contributed by atoms with E-state index in [1.165, 1.54) is 18.4 Å².